The third-order valence-corrected chi connectivity index (χ3v) is 7.40. The van der Waals surface area contributed by atoms with Crippen LogP contribution in [0.15, 0.2) is 11.3 Å². The Labute approximate surface area is 144 Å². The van der Waals surface area contributed by atoms with Gasteiger partial charge in [0.25, 0.3) is 0 Å². The van der Waals surface area contributed by atoms with Crippen molar-refractivity contribution >= 4 is 17.1 Å². The molecule has 2 aliphatic heterocycles. The minimum absolute atomic E-state index is 0.0305. The highest BCUT2D eigenvalue weighted by Gasteiger charge is 2.54. The van der Waals surface area contributed by atoms with Gasteiger partial charge in [0, 0.05) is 13.1 Å². The van der Waals surface area contributed by atoms with Crippen molar-refractivity contribution in [2.45, 2.75) is 64.6 Å². The summed E-state index contributed by atoms with van der Waals surface area (Å²) in [6, 6.07) is 0. The molecule has 3 fully saturated rings. The molecule has 8 heteroatoms. The minimum Gasteiger partial charge on any atom is -0.398 e. The van der Waals surface area contributed by atoms with Crippen LogP contribution in [-0.4, -0.2) is 50.4 Å². The fraction of sp³-hybridized carbons (Fsp3) is 0.875. The van der Waals surface area contributed by atoms with Crippen LogP contribution in [0.3, 0.4) is 0 Å². The third-order valence-electron chi connectivity index (χ3n) is 6.20. The van der Waals surface area contributed by atoms with E-state index < -0.39 is 28.3 Å². The highest BCUT2D eigenvalue weighted by atomic mass is 32.2. The summed E-state index contributed by atoms with van der Waals surface area (Å²) in [6.45, 7) is 8.78. The van der Waals surface area contributed by atoms with E-state index in [2.05, 4.69) is 0 Å². The summed E-state index contributed by atoms with van der Waals surface area (Å²) < 4.78 is 51.0. The van der Waals surface area contributed by atoms with Crippen molar-refractivity contribution in [1.82, 2.24) is 4.31 Å². The molecule has 0 radical (unpaired) electrons. The zero-order chi connectivity index (χ0) is 18.0. The van der Waals surface area contributed by atoms with Crippen LogP contribution in [-0.2, 0) is 19.3 Å². The lowest BCUT2D eigenvalue weighted by molar-refractivity contribution is 0.00578. The van der Waals surface area contributed by atoms with Crippen LogP contribution in [0.5, 0.6) is 0 Å². The van der Waals surface area contributed by atoms with Crippen molar-refractivity contribution in [2.75, 3.05) is 19.3 Å². The van der Waals surface area contributed by atoms with Crippen LogP contribution >= 0.6 is 0 Å². The summed E-state index contributed by atoms with van der Waals surface area (Å²) in [6.07, 6.45) is 4.18. The Kier molecular flexibility index (Phi) is 4.23. The molecular formula is C16H27BFNO4S. The molecule has 3 rings (SSSR count). The van der Waals surface area contributed by atoms with Crippen LogP contribution < -0.4 is 0 Å². The van der Waals surface area contributed by atoms with Gasteiger partial charge in [0.2, 0.25) is 10.0 Å². The normalized spacial score (nSPS) is 28.9. The van der Waals surface area contributed by atoms with Crippen LogP contribution in [0.1, 0.15) is 53.4 Å². The van der Waals surface area contributed by atoms with Crippen LogP contribution in [0.2, 0.25) is 0 Å². The number of hydrogen-bond acceptors (Lipinski definition) is 4. The van der Waals surface area contributed by atoms with Gasteiger partial charge in [-0.2, -0.15) is 0 Å². The largest absolute Gasteiger partial charge is 0.525 e. The third kappa shape index (κ3) is 3.06. The van der Waals surface area contributed by atoms with Gasteiger partial charge in [-0.05, 0) is 64.4 Å². The van der Waals surface area contributed by atoms with Gasteiger partial charge in [-0.25, -0.2) is 17.1 Å². The van der Waals surface area contributed by atoms with Gasteiger partial charge in [0.05, 0.1) is 17.5 Å². The molecule has 0 aromatic rings. The molecule has 0 amide bonds. The maximum absolute atomic E-state index is 14.8. The van der Waals surface area contributed by atoms with E-state index in [4.69, 9.17) is 9.31 Å². The van der Waals surface area contributed by atoms with Crippen molar-refractivity contribution in [3.8, 4) is 0 Å². The van der Waals surface area contributed by atoms with Crippen LogP contribution in [0, 0.1) is 5.41 Å². The molecule has 0 atom stereocenters. The van der Waals surface area contributed by atoms with Gasteiger partial charge >= 0.3 is 7.12 Å². The average molecular weight is 359 g/mol. The Bertz CT molecular complexity index is 640. The van der Waals surface area contributed by atoms with Crippen molar-refractivity contribution < 1.29 is 22.1 Å². The van der Waals surface area contributed by atoms with Gasteiger partial charge in [-0.3, -0.25) is 0 Å². The molecule has 0 N–H and O–H groups in total. The zero-order valence-corrected chi connectivity index (χ0v) is 16.0. The number of allylic oxidation sites excluding steroid dienone is 1. The lowest BCUT2D eigenvalue weighted by Gasteiger charge is -2.51. The Morgan fingerprint density at radius 1 is 1.08 bits per heavy atom. The summed E-state index contributed by atoms with van der Waals surface area (Å²) in [5.74, 6) is 0. The molecule has 0 aromatic heterocycles. The Morgan fingerprint density at radius 3 is 1.96 bits per heavy atom. The van der Waals surface area contributed by atoms with E-state index >= 15 is 0 Å². The van der Waals surface area contributed by atoms with Gasteiger partial charge in [-0.1, -0.05) is 0 Å². The topological polar surface area (TPSA) is 55.8 Å². The van der Waals surface area contributed by atoms with Crippen molar-refractivity contribution in [3.05, 3.63) is 11.3 Å². The van der Waals surface area contributed by atoms with Crippen molar-refractivity contribution in [3.63, 3.8) is 0 Å². The Morgan fingerprint density at radius 2 is 1.54 bits per heavy atom. The maximum Gasteiger partial charge on any atom is 0.525 e. The monoisotopic (exact) mass is 359 g/mol. The molecule has 24 heavy (non-hydrogen) atoms. The second-order valence-electron chi connectivity index (χ2n) is 8.57. The first kappa shape index (κ1) is 18.4. The molecule has 1 saturated carbocycles. The fourth-order valence-electron chi connectivity index (χ4n) is 3.69. The summed E-state index contributed by atoms with van der Waals surface area (Å²) in [5.41, 5.74) is -0.590. The van der Waals surface area contributed by atoms with Crippen LogP contribution in [0.25, 0.3) is 0 Å². The second kappa shape index (κ2) is 5.53. The molecule has 1 aliphatic carbocycles. The van der Waals surface area contributed by atoms with E-state index in [1.807, 2.05) is 27.7 Å². The van der Waals surface area contributed by atoms with Gasteiger partial charge in [-0.15, -0.1) is 0 Å². The predicted octanol–water partition coefficient (Wildman–Crippen LogP) is 2.68. The lowest BCUT2D eigenvalue weighted by Crippen LogP contribution is -2.58. The average Bonchev–Trinajstić information content (AvgIpc) is 2.63. The number of sulfonamides is 1. The maximum atomic E-state index is 14.8. The Hall–Kier alpha value is -0.435. The highest BCUT2D eigenvalue weighted by molar-refractivity contribution is 7.88. The minimum atomic E-state index is -3.10. The van der Waals surface area contributed by atoms with Crippen molar-refractivity contribution in [1.29, 1.82) is 0 Å². The SMILES string of the molecule is CC1(C)OB(C(F)=C2CCC3(CC2)CN(S(C)(=O)=O)C3)OC1(C)C. The summed E-state index contributed by atoms with van der Waals surface area (Å²) in [7, 11) is -4.03. The van der Waals surface area contributed by atoms with E-state index in [9.17, 15) is 12.8 Å². The first-order chi connectivity index (χ1) is 10.9. The Balaban J connectivity index is 1.64. The number of hydrogen-bond donors (Lipinski definition) is 0. The quantitative estimate of drug-likeness (QED) is 0.712. The van der Waals surface area contributed by atoms with E-state index in [1.165, 1.54) is 10.6 Å². The molecule has 5 nitrogen and oxygen atoms in total. The summed E-state index contributed by atoms with van der Waals surface area (Å²) in [4.78, 5) is 0. The van der Waals surface area contributed by atoms with Crippen LogP contribution in [0.4, 0.5) is 4.39 Å². The number of halogens is 1. The van der Waals surface area contributed by atoms with E-state index in [0.717, 1.165) is 18.4 Å². The lowest BCUT2D eigenvalue weighted by atomic mass is 9.67. The molecule has 0 unspecified atom stereocenters. The molecule has 136 valence electrons. The number of nitrogens with zero attached hydrogens (tertiary/aromatic N) is 1. The van der Waals surface area contributed by atoms with E-state index in [-0.39, 0.29) is 11.1 Å². The zero-order valence-electron chi connectivity index (χ0n) is 15.2. The first-order valence-electron chi connectivity index (χ1n) is 8.54. The van der Waals surface area contributed by atoms with Gasteiger partial charge < -0.3 is 9.31 Å². The molecule has 2 heterocycles. The molecular weight excluding hydrogens is 332 g/mol. The molecule has 1 spiro atoms. The summed E-state index contributed by atoms with van der Waals surface area (Å²) >= 11 is 0. The number of rotatable bonds is 2. The van der Waals surface area contributed by atoms with E-state index in [0.29, 0.717) is 25.9 Å². The van der Waals surface area contributed by atoms with E-state index in [1.54, 1.807) is 0 Å². The van der Waals surface area contributed by atoms with Crippen molar-refractivity contribution in [2.24, 2.45) is 5.41 Å². The van der Waals surface area contributed by atoms with Gasteiger partial charge in [0.15, 0.2) is 0 Å². The predicted molar refractivity (Wildman–Crippen MR) is 91.5 cm³/mol. The molecule has 3 aliphatic rings. The molecule has 2 saturated heterocycles. The highest BCUT2D eigenvalue weighted by Crippen LogP contribution is 2.48. The standard InChI is InChI=1S/C16H27BFNO4S/c1-14(2)15(3,4)23-17(22-14)13(18)12-6-8-16(9-7-12)10-19(11-16)24(5,20)21/h6-11H2,1-5H3. The smallest absolute Gasteiger partial charge is 0.398 e. The molecule has 0 bridgehead atoms. The fourth-order valence-corrected chi connectivity index (χ4v) is 4.70. The second-order valence-corrected chi connectivity index (χ2v) is 10.6. The first-order valence-corrected chi connectivity index (χ1v) is 10.4. The summed E-state index contributed by atoms with van der Waals surface area (Å²) in [5, 5.41) is 0. The van der Waals surface area contributed by atoms with Gasteiger partial charge in [0.1, 0.15) is 5.73 Å². The molecule has 0 aromatic carbocycles.